The van der Waals surface area contributed by atoms with Crippen LogP contribution < -0.4 is 11.5 Å². The van der Waals surface area contributed by atoms with Crippen molar-refractivity contribution < 1.29 is 0 Å². The average Bonchev–Trinajstić information content (AvgIpc) is 2.36. The van der Waals surface area contributed by atoms with Gasteiger partial charge >= 0.3 is 0 Å². The van der Waals surface area contributed by atoms with Crippen molar-refractivity contribution in [2.24, 2.45) is 0 Å². The van der Waals surface area contributed by atoms with Gasteiger partial charge in [0.25, 0.3) is 0 Å². The highest BCUT2D eigenvalue weighted by atomic mass is 79.9. The van der Waals surface area contributed by atoms with Gasteiger partial charge in [0, 0.05) is 20.2 Å². The molecule has 94 valence electrons. The van der Waals surface area contributed by atoms with E-state index in [0.717, 1.165) is 34.7 Å². The highest BCUT2D eigenvalue weighted by Gasteiger charge is 2.18. The van der Waals surface area contributed by atoms with Crippen LogP contribution in [-0.2, 0) is 0 Å². The van der Waals surface area contributed by atoms with E-state index in [1.807, 2.05) is 24.3 Å². The summed E-state index contributed by atoms with van der Waals surface area (Å²) in [6.45, 7) is 0. The van der Waals surface area contributed by atoms with E-state index in [-0.39, 0.29) is 0 Å². The molecule has 4 N–H and O–H groups in total. The summed E-state index contributed by atoms with van der Waals surface area (Å²) in [5.74, 6) is 0. The molecule has 0 atom stereocenters. The molecule has 0 fully saturated rings. The van der Waals surface area contributed by atoms with Crippen LogP contribution in [-0.4, -0.2) is 0 Å². The molecule has 0 saturated carbocycles. The van der Waals surface area contributed by atoms with Crippen molar-refractivity contribution in [1.29, 1.82) is 0 Å². The second-order valence-corrected chi connectivity index (χ2v) is 6.84. The van der Waals surface area contributed by atoms with Crippen molar-refractivity contribution in [3.8, 4) is 11.1 Å². The Kier molecular flexibility index (Phi) is 4.41. The van der Waals surface area contributed by atoms with Crippen LogP contribution in [0.2, 0.25) is 0 Å². The summed E-state index contributed by atoms with van der Waals surface area (Å²) in [5, 5.41) is 0. The lowest BCUT2D eigenvalue weighted by Gasteiger charge is -2.14. The van der Waals surface area contributed by atoms with Gasteiger partial charge in [-0.2, -0.15) is 0 Å². The minimum absolute atomic E-state index is 0.646. The molecule has 0 amide bonds. The van der Waals surface area contributed by atoms with Crippen molar-refractivity contribution in [3.63, 3.8) is 0 Å². The Morgan fingerprint density at radius 3 is 1.56 bits per heavy atom. The lowest BCUT2D eigenvalue weighted by molar-refractivity contribution is 1.48. The number of nitrogens with two attached hydrogens (primary N) is 2. The third kappa shape index (κ3) is 2.48. The largest absolute Gasteiger partial charge is 0.399 e. The van der Waals surface area contributed by atoms with Gasteiger partial charge in [0.15, 0.2) is 0 Å². The maximum atomic E-state index is 5.98. The molecule has 2 rings (SSSR count). The van der Waals surface area contributed by atoms with Crippen LogP contribution in [0.1, 0.15) is 0 Å². The molecule has 2 aromatic rings. The molecule has 18 heavy (non-hydrogen) atoms. The number of hydrogen-bond acceptors (Lipinski definition) is 2. The molecule has 0 radical (unpaired) electrons. The van der Waals surface area contributed by atoms with E-state index in [1.54, 1.807) is 0 Å². The predicted octanol–water partition coefficient (Wildman–Crippen LogP) is 5.57. The molecule has 0 aliphatic carbocycles. The smallest absolute Gasteiger partial charge is 0.0626 e. The van der Waals surface area contributed by atoms with Crippen LogP contribution in [0, 0.1) is 0 Å². The molecule has 2 aromatic carbocycles. The quantitative estimate of drug-likeness (QED) is 0.398. The summed E-state index contributed by atoms with van der Waals surface area (Å²) < 4.78 is 3.45. The van der Waals surface area contributed by atoms with Gasteiger partial charge in [-0.25, -0.2) is 0 Å². The van der Waals surface area contributed by atoms with Gasteiger partial charge in [-0.05, 0) is 81.4 Å². The van der Waals surface area contributed by atoms with Crippen molar-refractivity contribution in [3.05, 3.63) is 42.2 Å². The first-order valence-electron chi connectivity index (χ1n) is 4.90. The molecule has 0 aliphatic heterocycles. The summed E-state index contributed by atoms with van der Waals surface area (Å²) in [5.41, 5.74) is 15.1. The number of nitrogen functional groups attached to an aromatic ring is 2. The minimum Gasteiger partial charge on any atom is -0.399 e. The number of anilines is 2. The lowest BCUT2D eigenvalue weighted by Crippen LogP contribution is -1.94. The Hall–Kier alpha value is -0.0400. The first-order chi connectivity index (χ1) is 8.43. The summed E-state index contributed by atoms with van der Waals surface area (Å²) in [6.07, 6.45) is 0. The molecule has 0 heterocycles. The molecule has 2 nitrogen and oxygen atoms in total. The zero-order valence-electron chi connectivity index (χ0n) is 8.98. The Morgan fingerprint density at radius 1 is 0.667 bits per heavy atom. The van der Waals surface area contributed by atoms with Gasteiger partial charge < -0.3 is 11.5 Å². The molecule has 0 aliphatic rings. The molecule has 0 aromatic heterocycles. The highest BCUT2D eigenvalue weighted by molar-refractivity contribution is 9.14. The van der Waals surface area contributed by atoms with E-state index in [4.69, 9.17) is 11.5 Å². The maximum absolute atomic E-state index is 5.98. The van der Waals surface area contributed by atoms with Crippen LogP contribution in [0.4, 0.5) is 11.4 Å². The van der Waals surface area contributed by atoms with E-state index in [2.05, 4.69) is 63.7 Å². The van der Waals surface area contributed by atoms with Crippen LogP contribution >= 0.6 is 63.7 Å². The van der Waals surface area contributed by atoms with Gasteiger partial charge in [-0.15, -0.1) is 0 Å². The van der Waals surface area contributed by atoms with Crippen LogP contribution in [0.5, 0.6) is 0 Å². The summed E-state index contributed by atoms with van der Waals surface area (Å²) in [7, 11) is 0. The maximum Gasteiger partial charge on any atom is 0.0626 e. The Labute approximate surface area is 139 Å². The summed E-state index contributed by atoms with van der Waals surface area (Å²) in [6, 6.07) is 7.67. The van der Waals surface area contributed by atoms with E-state index in [1.165, 1.54) is 0 Å². The van der Waals surface area contributed by atoms with E-state index < -0.39 is 0 Å². The predicted molar refractivity (Wildman–Crippen MR) is 91.5 cm³/mol. The van der Waals surface area contributed by atoms with E-state index in [9.17, 15) is 0 Å². The van der Waals surface area contributed by atoms with Gasteiger partial charge in [0.2, 0.25) is 0 Å². The molecule has 6 heteroatoms. The Balaban J connectivity index is 2.75. The summed E-state index contributed by atoms with van der Waals surface area (Å²) in [4.78, 5) is 0. The third-order valence-corrected chi connectivity index (χ3v) is 6.79. The van der Waals surface area contributed by atoms with Crippen LogP contribution in [0.25, 0.3) is 11.1 Å². The van der Waals surface area contributed by atoms with Gasteiger partial charge in [0.1, 0.15) is 0 Å². The fourth-order valence-electron chi connectivity index (χ4n) is 1.55. The zero-order valence-corrected chi connectivity index (χ0v) is 15.3. The van der Waals surface area contributed by atoms with Crippen molar-refractivity contribution in [2.45, 2.75) is 0 Å². The van der Waals surface area contributed by atoms with Crippen molar-refractivity contribution in [1.82, 2.24) is 0 Å². The standard InChI is InChI=1S/C12H8Br4N2/c13-8-7(5-1-3-6(17)4-2-5)9(14)11(16)12(18)10(8)15/h1-4H,17-18H2. The fraction of sp³-hybridized carbons (Fsp3) is 0. The third-order valence-electron chi connectivity index (χ3n) is 2.50. The number of hydrogen-bond donors (Lipinski definition) is 2. The second kappa shape index (κ2) is 5.53. The monoisotopic (exact) mass is 496 g/mol. The van der Waals surface area contributed by atoms with Gasteiger partial charge in [0.05, 0.1) is 14.6 Å². The zero-order chi connectivity index (χ0) is 13.4. The first-order valence-corrected chi connectivity index (χ1v) is 8.08. The molecule has 0 bridgehead atoms. The summed E-state index contributed by atoms with van der Waals surface area (Å²) >= 11 is 14.1. The molecule has 0 unspecified atom stereocenters. The Morgan fingerprint density at radius 2 is 1.11 bits per heavy atom. The van der Waals surface area contributed by atoms with Crippen LogP contribution in [0.3, 0.4) is 0 Å². The van der Waals surface area contributed by atoms with Crippen molar-refractivity contribution in [2.75, 3.05) is 11.5 Å². The van der Waals surface area contributed by atoms with E-state index in [0.29, 0.717) is 5.69 Å². The molecular formula is C12H8Br4N2. The normalized spacial score (nSPS) is 10.7. The minimum atomic E-state index is 0.646. The SMILES string of the molecule is Nc1ccc(-c2c(Br)c(Br)c(N)c(Br)c2Br)cc1. The molecular weight excluding hydrogens is 492 g/mol. The molecule has 0 spiro atoms. The van der Waals surface area contributed by atoms with Gasteiger partial charge in [-0.3, -0.25) is 0 Å². The first kappa shape index (κ1) is 14.4. The number of halogens is 4. The number of benzene rings is 2. The van der Waals surface area contributed by atoms with E-state index >= 15 is 0 Å². The second-order valence-electron chi connectivity index (χ2n) is 3.67. The Bertz CT molecular complexity index is 579. The van der Waals surface area contributed by atoms with Gasteiger partial charge in [-0.1, -0.05) is 12.1 Å². The topological polar surface area (TPSA) is 52.0 Å². The fourth-order valence-corrected chi connectivity index (χ4v) is 4.16. The highest BCUT2D eigenvalue weighted by Crippen LogP contribution is 2.47. The lowest BCUT2D eigenvalue weighted by atomic mass is 10.1. The van der Waals surface area contributed by atoms with Crippen LogP contribution in [0.15, 0.2) is 42.2 Å². The van der Waals surface area contributed by atoms with Crippen molar-refractivity contribution >= 4 is 75.1 Å². The number of rotatable bonds is 1. The molecule has 0 saturated heterocycles. The average molecular weight is 500 g/mol.